The third-order valence-corrected chi connectivity index (χ3v) is 2.75. The van der Waals surface area contributed by atoms with Crippen LogP contribution in [0, 0.1) is 0 Å². The first-order valence-electron chi connectivity index (χ1n) is 6.46. The Hall–Kier alpha value is -2.82. The Morgan fingerprint density at radius 3 is 1.90 bits per heavy atom. The molecular formula is C16H16N2O3. The van der Waals surface area contributed by atoms with Gasteiger partial charge in [0.05, 0.1) is 7.11 Å². The van der Waals surface area contributed by atoms with Crippen LogP contribution in [0.1, 0.15) is 6.42 Å². The third kappa shape index (κ3) is 4.65. The number of rotatable bonds is 5. The second-order valence-electron chi connectivity index (χ2n) is 4.37. The Kier molecular flexibility index (Phi) is 4.93. The average molecular weight is 284 g/mol. The zero-order valence-electron chi connectivity index (χ0n) is 11.6. The Labute approximate surface area is 122 Å². The Morgan fingerprint density at radius 2 is 1.38 bits per heavy atom. The first kappa shape index (κ1) is 14.6. The molecule has 2 rings (SSSR count). The molecule has 0 aromatic heterocycles. The molecule has 0 atom stereocenters. The number of ether oxygens (including phenoxy) is 1. The van der Waals surface area contributed by atoms with Crippen molar-refractivity contribution in [1.82, 2.24) is 0 Å². The van der Waals surface area contributed by atoms with Gasteiger partial charge in [-0.2, -0.15) is 0 Å². The van der Waals surface area contributed by atoms with E-state index in [4.69, 9.17) is 4.74 Å². The topological polar surface area (TPSA) is 67.4 Å². The van der Waals surface area contributed by atoms with Crippen LogP contribution in [0.25, 0.3) is 0 Å². The maximum Gasteiger partial charge on any atom is 0.233 e. The highest BCUT2D eigenvalue weighted by Gasteiger charge is 2.09. The summed E-state index contributed by atoms with van der Waals surface area (Å²) in [7, 11) is 1.57. The number of hydrogen-bond donors (Lipinski definition) is 2. The number of nitrogens with one attached hydrogen (secondary N) is 2. The van der Waals surface area contributed by atoms with Crippen LogP contribution in [0.3, 0.4) is 0 Å². The summed E-state index contributed by atoms with van der Waals surface area (Å²) in [4.78, 5) is 23.5. The smallest absolute Gasteiger partial charge is 0.233 e. The summed E-state index contributed by atoms with van der Waals surface area (Å²) >= 11 is 0. The molecule has 5 nitrogen and oxygen atoms in total. The molecule has 2 amide bonds. The lowest BCUT2D eigenvalue weighted by molar-refractivity contribution is -0.123. The second kappa shape index (κ2) is 7.09. The van der Waals surface area contributed by atoms with Crippen molar-refractivity contribution in [2.45, 2.75) is 6.42 Å². The summed E-state index contributed by atoms with van der Waals surface area (Å²) in [5.41, 5.74) is 1.29. The third-order valence-electron chi connectivity index (χ3n) is 2.75. The minimum absolute atomic E-state index is 0.235. The normalized spacial score (nSPS) is 9.76. The first-order chi connectivity index (χ1) is 10.2. The summed E-state index contributed by atoms with van der Waals surface area (Å²) in [5.74, 6) is -0.0179. The molecular weight excluding hydrogens is 268 g/mol. The van der Waals surface area contributed by atoms with E-state index in [1.807, 2.05) is 18.2 Å². The Bertz CT molecular complexity index is 609. The number of para-hydroxylation sites is 1. The van der Waals surface area contributed by atoms with E-state index in [0.29, 0.717) is 17.1 Å². The van der Waals surface area contributed by atoms with Crippen molar-refractivity contribution in [3.8, 4) is 5.75 Å². The van der Waals surface area contributed by atoms with Crippen molar-refractivity contribution in [2.24, 2.45) is 0 Å². The van der Waals surface area contributed by atoms with Crippen LogP contribution >= 0.6 is 0 Å². The summed E-state index contributed by atoms with van der Waals surface area (Å²) in [6, 6.07) is 15.9. The molecule has 0 unspecified atom stereocenters. The average Bonchev–Trinajstić information content (AvgIpc) is 2.48. The van der Waals surface area contributed by atoms with Crippen LogP contribution in [0.4, 0.5) is 11.4 Å². The van der Waals surface area contributed by atoms with E-state index in [1.165, 1.54) is 0 Å². The van der Waals surface area contributed by atoms with Gasteiger partial charge in [-0.05, 0) is 36.4 Å². The maximum atomic E-state index is 11.8. The second-order valence-corrected chi connectivity index (χ2v) is 4.37. The SMILES string of the molecule is COc1ccc(NC(=O)CC(=O)Nc2ccccc2)cc1. The largest absolute Gasteiger partial charge is 0.497 e. The fourth-order valence-corrected chi connectivity index (χ4v) is 1.75. The molecule has 0 heterocycles. The number of benzene rings is 2. The van der Waals surface area contributed by atoms with Crippen molar-refractivity contribution in [3.63, 3.8) is 0 Å². The number of amides is 2. The fraction of sp³-hybridized carbons (Fsp3) is 0.125. The van der Waals surface area contributed by atoms with Gasteiger partial charge in [0.25, 0.3) is 0 Å². The Morgan fingerprint density at radius 1 is 0.857 bits per heavy atom. The predicted molar refractivity (Wildman–Crippen MR) is 81.3 cm³/mol. The van der Waals surface area contributed by atoms with E-state index in [1.54, 1.807) is 43.5 Å². The van der Waals surface area contributed by atoms with Gasteiger partial charge < -0.3 is 15.4 Å². The minimum Gasteiger partial charge on any atom is -0.497 e. The van der Waals surface area contributed by atoms with E-state index in [0.717, 1.165) is 0 Å². The standard InChI is InChI=1S/C16H16N2O3/c1-21-14-9-7-13(8-10-14)18-16(20)11-15(19)17-12-5-3-2-4-6-12/h2-10H,11H2,1H3,(H,17,19)(H,18,20). The molecule has 2 aromatic rings. The molecule has 0 aliphatic carbocycles. The summed E-state index contributed by atoms with van der Waals surface area (Å²) in [6.07, 6.45) is -0.235. The van der Waals surface area contributed by atoms with E-state index in [9.17, 15) is 9.59 Å². The van der Waals surface area contributed by atoms with Gasteiger partial charge in [0.15, 0.2) is 0 Å². The number of hydrogen-bond acceptors (Lipinski definition) is 3. The van der Waals surface area contributed by atoms with Crippen molar-refractivity contribution < 1.29 is 14.3 Å². The lowest BCUT2D eigenvalue weighted by atomic mass is 10.2. The summed E-state index contributed by atoms with van der Waals surface area (Å²) in [5, 5.41) is 5.31. The molecule has 21 heavy (non-hydrogen) atoms. The molecule has 0 spiro atoms. The van der Waals surface area contributed by atoms with Crippen LogP contribution < -0.4 is 15.4 Å². The van der Waals surface area contributed by atoms with E-state index in [-0.39, 0.29) is 18.2 Å². The number of methoxy groups -OCH3 is 1. The van der Waals surface area contributed by atoms with Gasteiger partial charge in [-0.1, -0.05) is 18.2 Å². The predicted octanol–water partition coefficient (Wildman–Crippen LogP) is 2.66. The number of carbonyl (C=O) groups is 2. The fourth-order valence-electron chi connectivity index (χ4n) is 1.75. The van der Waals surface area contributed by atoms with Crippen LogP contribution in [0.5, 0.6) is 5.75 Å². The molecule has 5 heteroatoms. The van der Waals surface area contributed by atoms with Gasteiger partial charge >= 0.3 is 0 Å². The summed E-state index contributed by atoms with van der Waals surface area (Å²) < 4.78 is 5.03. The van der Waals surface area contributed by atoms with Crippen molar-refractivity contribution >= 4 is 23.2 Å². The molecule has 108 valence electrons. The molecule has 0 aliphatic heterocycles. The van der Waals surface area contributed by atoms with Crippen LogP contribution in [-0.4, -0.2) is 18.9 Å². The lowest BCUT2D eigenvalue weighted by Gasteiger charge is -2.07. The molecule has 0 saturated carbocycles. The number of carbonyl (C=O) groups excluding carboxylic acids is 2. The van der Waals surface area contributed by atoms with Crippen LogP contribution in [-0.2, 0) is 9.59 Å². The monoisotopic (exact) mass is 284 g/mol. The molecule has 0 aliphatic rings. The highest BCUT2D eigenvalue weighted by Crippen LogP contribution is 2.15. The quantitative estimate of drug-likeness (QED) is 0.829. The van der Waals surface area contributed by atoms with E-state index < -0.39 is 0 Å². The molecule has 0 radical (unpaired) electrons. The highest BCUT2D eigenvalue weighted by atomic mass is 16.5. The van der Waals surface area contributed by atoms with Gasteiger partial charge in [0, 0.05) is 11.4 Å². The van der Waals surface area contributed by atoms with Crippen molar-refractivity contribution in [3.05, 3.63) is 54.6 Å². The van der Waals surface area contributed by atoms with Crippen LogP contribution in [0.2, 0.25) is 0 Å². The number of anilines is 2. The lowest BCUT2D eigenvalue weighted by Crippen LogP contribution is -2.21. The molecule has 0 bridgehead atoms. The molecule has 2 N–H and O–H groups in total. The van der Waals surface area contributed by atoms with Crippen molar-refractivity contribution in [1.29, 1.82) is 0 Å². The first-order valence-corrected chi connectivity index (χ1v) is 6.46. The van der Waals surface area contributed by atoms with E-state index in [2.05, 4.69) is 10.6 Å². The van der Waals surface area contributed by atoms with Gasteiger partial charge in [-0.25, -0.2) is 0 Å². The summed E-state index contributed by atoms with van der Waals surface area (Å²) in [6.45, 7) is 0. The van der Waals surface area contributed by atoms with E-state index >= 15 is 0 Å². The van der Waals surface area contributed by atoms with Gasteiger partial charge in [0.1, 0.15) is 12.2 Å². The van der Waals surface area contributed by atoms with Gasteiger partial charge in [0.2, 0.25) is 11.8 Å². The minimum atomic E-state index is -0.367. The maximum absolute atomic E-state index is 11.8. The molecule has 0 fully saturated rings. The molecule has 2 aromatic carbocycles. The Balaban J connectivity index is 1.84. The zero-order chi connectivity index (χ0) is 15.1. The van der Waals surface area contributed by atoms with Crippen molar-refractivity contribution in [2.75, 3.05) is 17.7 Å². The van der Waals surface area contributed by atoms with Crippen LogP contribution in [0.15, 0.2) is 54.6 Å². The van der Waals surface area contributed by atoms with Gasteiger partial charge in [-0.3, -0.25) is 9.59 Å². The van der Waals surface area contributed by atoms with Gasteiger partial charge in [-0.15, -0.1) is 0 Å². The highest BCUT2D eigenvalue weighted by molar-refractivity contribution is 6.08. The zero-order valence-corrected chi connectivity index (χ0v) is 11.6. The molecule has 0 saturated heterocycles.